The number of amides is 1. The highest BCUT2D eigenvalue weighted by Crippen LogP contribution is 2.30. The minimum Gasteiger partial charge on any atom is -0.497 e. The SMILES string of the molecule is COc1cc(NC(=O)Cn2c(=O)n(C[C@@H]3CCCO3)c(=O)c3sc4ncccc4c32)cc(OC)c1. The summed E-state index contributed by atoms with van der Waals surface area (Å²) in [5.74, 6) is 0.590. The van der Waals surface area contributed by atoms with Crippen molar-refractivity contribution in [3.05, 3.63) is 57.4 Å². The summed E-state index contributed by atoms with van der Waals surface area (Å²) in [6, 6.07) is 8.53. The number of carbonyl (C=O) groups excluding carboxylic acids is 1. The van der Waals surface area contributed by atoms with Gasteiger partial charge in [-0.3, -0.25) is 18.7 Å². The lowest BCUT2D eigenvalue weighted by Gasteiger charge is -2.15. The third-order valence-corrected chi connectivity index (χ3v) is 7.05. The fraction of sp³-hybridized carbons (Fsp3) is 0.333. The van der Waals surface area contributed by atoms with Gasteiger partial charge in [0.1, 0.15) is 27.6 Å². The van der Waals surface area contributed by atoms with Crippen LogP contribution in [0.15, 0.2) is 46.1 Å². The molecule has 10 nitrogen and oxygen atoms in total. The molecular weight excluding hydrogens is 472 g/mol. The summed E-state index contributed by atoms with van der Waals surface area (Å²) in [6.07, 6.45) is 3.08. The van der Waals surface area contributed by atoms with Crippen molar-refractivity contribution in [3.63, 3.8) is 0 Å². The maximum atomic E-state index is 13.6. The summed E-state index contributed by atoms with van der Waals surface area (Å²) in [7, 11) is 3.04. The zero-order valence-electron chi connectivity index (χ0n) is 19.3. The molecule has 0 spiro atoms. The number of ether oxygens (including phenoxy) is 3. The van der Waals surface area contributed by atoms with Crippen LogP contribution in [0.4, 0.5) is 5.69 Å². The number of hydrogen-bond donors (Lipinski definition) is 1. The Kier molecular flexibility index (Phi) is 6.27. The molecule has 35 heavy (non-hydrogen) atoms. The van der Waals surface area contributed by atoms with E-state index in [1.807, 2.05) is 0 Å². The second kappa shape index (κ2) is 9.51. The zero-order valence-corrected chi connectivity index (χ0v) is 20.1. The van der Waals surface area contributed by atoms with Gasteiger partial charge in [-0.2, -0.15) is 0 Å². The topological polar surface area (TPSA) is 114 Å². The van der Waals surface area contributed by atoms with Gasteiger partial charge in [0.2, 0.25) is 5.91 Å². The molecule has 5 rings (SSSR count). The summed E-state index contributed by atoms with van der Waals surface area (Å²) in [6.45, 7) is 0.459. The number of carbonyl (C=O) groups is 1. The van der Waals surface area contributed by atoms with E-state index >= 15 is 0 Å². The van der Waals surface area contributed by atoms with Crippen LogP contribution in [0.1, 0.15) is 12.8 Å². The second-order valence-corrected chi connectivity index (χ2v) is 9.20. The van der Waals surface area contributed by atoms with Gasteiger partial charge in [-0.25, -0.2) is 9.78 Å². The maximum Gasteiger partial charge on any atom is 0.332 e. The number of pyridine rings is 1. The first-order valence-corrected chi connectivity index (χ1v) is 12.0. The molecule has 1 aromatic carbocycles. The number of methoxy groups -OCH3 is 2. The number of rotatable bonds is 7. The van der Waals surface area contributed by atoms with Gasteiger partial charge in [-0.1, -0.05) is 0 Å². The highest BCUT2D eigenvalue weighted by Gasteiger charge is 2.24. The van der Waals surface area contributed by atoms with Crippen LogP contribution in [-0.4, -0.2) is 47.0 Å². The van der Waals surface area contributed by atoms with Crippen molar-refractivity contribution in [3.8, 4) is 11.5 Å². The van der Waals surface area contributed by atoms with E-state index in [0.29, 0.717) is 44.2 Å². The monoisotopic (exact) mass is 496 g/mol. The summed E-state index contributed by atoms with van der Waals surface area (Å²) in [5, 5.41) is 3.45. The molecule has 182 valence electrons. The third-order valence-electron chi connectivity index (χ3n) is 5.96. The Morgan fingerprint density at radius 1 is 1.20 bits per heavy atom. The average molecular weight is 497 g/mol. The molecule has 4 aromatic rings. The molecule has 0 aliphatic carbocycles. The van der Waals surface area contributed by atoms with E-state index in [4.69, 9.17) is 14.2 Å². The number of anilines is 1. The maximum absolute atomic E-state index is 13.6. The van der Waals surface area contributed by atoms with Crippen molar-refractivity contribution in [2.75, 3.05) is 26.1 Å². The minimum atomic E-state index is -0.556. The third kappa shape index (κ3) is 4.40. The molecule has 1 aliphatic heterocycles. The van der Waals surface area contributed by atoms with Gasteiger partial charge in [0.25, 0.3) is 5.56 Å². The van der Waals surface area contributed by atoms with E-state index < -0.39 is 17.2 Å². The van der Waals surface area contributed by atoms with Gasteiger partial charge >= 0.3 is 5.69 Å². The number of fused-ring (bicyclic) bond motifs is 3. The Morgan fingerprint density at radius 3 is 2.66 bits per heavy atom. The molecule has 11 heteroatoms. The molecule has 1 fully saturated rings. The lowest BCUT2D eigenvalue weighted by molar-refractivity contribution is -0.116. The van der Waals surface area contributed by atoms with Crippen LogP contribution in [-0.2, 0) is 22.6 Å². The molecule has 0 unspecified atom stereocenters. The Balaban J connectivity index is 1.58. The van der Waals surface area contributed by atoms with Gasteiger partial charge in [-0.15, -0.1) is 11.3 Å². The lowest BCUT2D eigenvalue weighted by Crippen LogP contribution is -2.43. The normalized spacial score (nSPS) is 15.5. The minimum absolute atomic E-state index is 0.143. The van der Waals surface area contributed by atoms with Gasteiger partial charge in [-0.05, 0) is 25.0 Å². The number of hydrogen-bond acceptors (Lipinski definition) is 8. The van der Waals surface area contributed by atoms with E-state index in [1.54, 1.807) is 36.5 Å². The summed E-state index contributed by atoms with van der Waals surface area (Å²) >= 11 is 1.21. The average Bonchev–Trinajstić information content (AvgIpc) is 3.52. The van der Waals surface area contributed by atoms with Crippen LogP contribution in [0.2, 0.25) is 0 Å². The number of nitrogens with one attached hydrogen (secondary N) is 1. The molecule has 3 aromatic heterocycles. The molecule has 1 atom stereocenters. The predicted octanol–water partition coefficient (Wildman–Crippen LogP) is 2.61. The molecular formula is C24H24N4O6S. The van der Waals surface area contributed by atoms with E-state index in [0.717, 1.165) is 12.8 Å². The van der Waals surface area contributed by atoms with Crippen LogP contribution >= 0.6 is 11.3 Å². The van der Waals surface area contributed by atoms with E-state index in [2.05, 4.69) is 10.3 Å². The summed E-state index contributed by atoms with van der Waals surface area (Å²) in [5.41, 5.74) is -0.0762. The standard InChI is InChI=1S/C24H24N4O6S/c1-32-16-9-14(10-17(11-16)33-2)26-19(29)13-27-20-18-6-3-7-25-22(18)35-21(20)23(30)28(24(27)31)12-15-5-4-8-34-15/h3,6-7,9-11,15H,4-5,8,12-13H2,1-2H3,(H,26,29)/t15-/m0/s1. The number of aromatic nitrogens is 3. The first-order valence-electron chi connectivity index (χ1n) is 11.1. The largest absolute Gasteiger partial charge is 0.497 e. The van der Waals surface area contributed by atoms with Crippen molar-refractivity contribution in [2.45, 2.75) is 32.0 Å². The van der Waals surface area contributed by atoms with Crippen molar-refractivity contribution in [1.82, 2.24) is 14.1 Å². The van der Waals surface area contributed by atoms with Crippen molar-refractivity contribution in [1.29, 1.82) is 0 Å². The van der Waals surface area contributed by atoms with Crippen LogP contribution in [0.25, 0.3) is 20.4 Å². The number of benzene rings is 1. The van der Waals surface area contributed by atoms with Gasteiger partial charge in [0, 0.05) is 42.1 Å². The molecule has 4 heterocycles. The van der Waals surface area contributed by atoms with E-state index in [9.17, 15) is 14.4 Å². The number of thiophene rings is 1. The van der Waals surface area contributed by atoms with Gasteiger partial charge < -0.3 is 19.5 Å². The van der Waals surface area contributed by atoms with Crippen molar-refractivity contribution in [2.24, 2.45) is 0 Å². The first kappa shape index (κ1) is 23.1. The molecule has 1 saturated heterocycles. The number of nitrogens with zero attached hydrogens (tertiary/aromatic N) is 3. The Labute approximate surface area is 203 Å². The van der Waals surface area contributed by atoms with Crippen LogP contribution in [0, 0.1) is 0 Å². The molecule has 0 radical (unpaired) electrons. The Hall–Kier alpha value is -3.70. The molecule has 1 aliphatic rings. The van der Waals surface area contributed by atoms with Gasteiger partial charge in [0.15, 0.2) is 0 Å². The summed E-state index contributed by atoms with van der Waals surface area (Å²) < 4.78 is 19.1. The quantitative estimate of drug-likeness (QED) is 0.418. The second-order valence-electron chi connectivity index (χ2n) is 8.20. The van der Waals surface area contributed by atoms with Crippen LogP contribution in [0.3, 0.4) is 0 Å². The molecule has 0 saturated carbocycles. The smallest absolute Gasteiger partial charge is 0.332 e. The fourth-order valence-electron chi connectivity index (χ4n) is 4.31. The first-order chi connectivity index (χ1) is 17.0. The van der Waals surface area contributed by atoms with Gasteiger partial charge in [0.05, 0.1) is 32.4 Å². The summed E-state index contributed by atoms with van der Waals surface area (Å²) in [4.78, 5) is 45.0. The van der Waals surface area contributed by atoms with Crippen LogP contribution in [0.5, 0.6) is 11.5 Å². The molecule has 0 bridgehead atoms. The Bertz CT molecular complexity index is 1510. The highest BCUT2D eigenvalue weighted by atomic mass is 32.1. The Morgan fingerprint density at radius 2 is 1.97 bits per heavy atom. The zero-order chi connectivity index (χ0) is 24.5. The van der Waals surface area contributed by atoms with Crippen LogP contribution < -0.4 is 26.0 Å². The predicted molar refractivity (Wildman–Crippen MR) is 133 cm³/mol. The fourth-order valence-corrected chi connectivity index (χ4v) is 5.40. The molecule has 1 amide bonds. The van der Waals surface area contributed by atoms with E-state index in [1.165, 1.54) is 34.7 Å². The molecule has 1 N–H and O–H groups in total. The van der Waals surface area contributed by atoms with E-state index in [-0.39, 0.29) is 19.2 Å². The highest BCUT2D eigenvalue weighted by molar-refractivity contribution is 7.25. The van der Waals surface area contributed by atoms with Crippen molar-refractivity contribution < 1.29 is 19.0 Å². The lowest BCUT2D eigenvalue weighted by atomic mass is 10.2. The van der Waals surface area contributed by atoms with Crippen molar-refractivity contribution >= 4 is 43.4 Å².